The fourth-order valence-electron chi connectivity index (χ4n) is 10.4. The van der Waals surface area contributed by atoms with Crippen LogP contribution in [-0.2, 0) is 52.7 Å². The number of aliphatic hydroxyl groups excluding tert-OH is 1. The highest BCUT2D eigenvalue weighted by Crippen LogP contribution is 2.25. The average Bonchev–Trinajstić information content (AvgIpc) is 3.46. The molecular formula is C60H107N11O12. The molecule has 0 aliphatic carbocycles. The number of nitrogens with one attached hydrogen (secondary N) is 4. The van der Waals surface area contributed by atoms with Crippen molar-refractivity contribution in [1.29, 1.82) is 0 Å². The van der Waals surface area contributed by atoms with Crippen LogP contribution in [0.3, 0.4) is 0 Å². The predicted octanol–water partition coefficient (Wildman–Crippen LogP) is 2.63. The molecule has 0 radical (unpaired) electrons. The van der Waals surface area contributed by atoms with E-state index in [1.807, 2.05) is 48.5 Å². The van der Waals surface area contributed by atoms with Crippen LogP contribution in [0.5, 0.6) is 0 Å². The lowest BCUT2D eigenvalue weighted by molar-refractivity contribution is -0.157. The Bertz CT molecular complexity index is 2280. The summed E-state index contributed by atoms with van der Waals surface area (Å²) in [6, 6.07) is -12.3. The average molecular weight is 1170 g/mol. The van der Waals surface area contributed by atoms with E-state index in [-0.39, 0.29) is 43.4 Å². The van der Waals surface area contributed by atoms with Gasteiger partial charge >= 0.3 is 0 Å². The molecule has 1 aliphatic heterocycles. The maximum atomic E-state index is 15.1. The highest BCUT2D eigenvalue weighted by Gasteiger charge is 2.45. The first-order valence-electron chi connectivity index (χ1n) is 29.7. The van der Waals surface area contributed by atoms with E-state index in [9.17, 15) is 48.3 Å². The van der Waals surface area contributed by atoms with Gasteiger partial charge in [-0.25, -0.2) is 0 Å². The van der Waals surface area contributed by atoms with Gasteiger partial charge in [0.05, 0.1) is 12.6 Å². The second kappa shape index (κ2) is 34.0. The van der Waals surface area contributed by atoms with E-state index in [4.69, 9.17) is 0 Å². The lowest BCUT2D eigenvalue weighted by Crippen LogP contribution is -2.63. The van der Waals surface area contributed by atoms with Gasteiger partial charge in [-0.05, 0) is 95.3 Å². The molecule has 0 aromatic carbocycles. The molecule has 1 unspecified atom stereocenters. The van der Waals surface area contributed by atoms with E-state index >= 15 is 9.59 Å². The van der Waals surface area contributed by atoms with Crippen molar-refractivity contribution in [3.05, 3.63) is 12.2 Å². The van der Waals surface area contributed by atoms with Crippen LogP contribution >= 0.6 is 0 Å². The van der Waals surface area contributed by atoms with Crippen LogP contribution in [0.25, 0.3) is 0 Å². The van der Waals surface area contributed by atoms with Crippen molar-refractivity contribution in [2.24, 2.45) is 35.5 Å². The van der Waals surface area contributed by atoms with Crippen LogP contribution in [0.2, 0.25) is 0 Å². The molecule has 23 heteroatoms. The summed E-state index contributed by atoms with van der Waals surface area (Å²) in [6.07, 6.45) is 3.31. The minimum absolute atomic E-state index is 0.0236. The summed E-state index contributed by atoms with van der Waals surface area (Å²) >= 11 is 0. The van der Waals surface area contributed by atoms with Gasteiger partial charge in [0.2, 0.25) is 65.0 Å². The molecule has 0 spiro atoms. The van der Waals surface area contributed by atoms with E-state index in [0.717, 1.165) is 14.7 Å². The quantitative estimate of drug-likeness (QED) is 0.157. The topological polar surface area (TPSA) is 279 Å². The van der Waals surface area contributed by atoms with E-state index in [0.29, 0.717) is 12.8 Å². The molecular weight excluding hydrogens is 1070 g/mol. The maximum Gasteiger partial charge on any atom is 0.246 e. The number of likely N-dealkylation sites (N-methyl/N-ethyl adjacent to an activating group) is 7. The Hall–Kier alpha value is -6.13. The van der Waals surface area contributed by atoms with Crippen molar-refractivity contribution in [1.82, 2.24) is 55.6 Å². The summed E-state index contributed by atoms with van der Waals surface area (Å²) in [4.78, 5) is 167. The molecule has 83 heavy (non-hydrogen) atoms. The van der Waals surface area contributed by atoms with Crippen LogP contribution < -0.4 is 21.3 Å². The highest BCUT2D eigenvalue weighted by atomic mass is 16.3. The first-order valence-corrected chi connectivity index (χ1v) is 29.7. The number of carbonyl (C=O) groups excluding carboxylic acids is 11. The van der Waals surface area contributed by atoms with Crippen molar-refractivity contribution in [2.45, 2.75) is 216 Å². The van der Waals surface area contributed by atoms with E-state index in [1.165, 1.54) is 89.7 Å². The monoisotopic (exact) mass is 1170 g/mol. The molecule has 1 heterocycles. The number of hydrogen-bond donors (Lipinski definition) is 5. The zero-order valence-electron chi connectivity index (χ0n) is 54.5. The summed E-state index contributed by atoms with van der Waals surface area (Å²) in [7, 11) is 9.85. The number of allylic oxidation sites excluding steroid dienone is 2. The molecule has 0 aromatic heterocycles. The van der Waals surface area contributed by atoms with Crippen molar-refractivity contribution < 1.29 is 57.8 Å². The molecule has 5 N–H and O–H groups in total. The van der Waals surface area contributed by atoms with Gasteiger partial charge in [0.1, 0.15) is 60.4 Å². The summed E-state index contributed by atoms with van der Waals surface area (Å²) < 4.78 is 0. The molecule has 1 rings (SSSR count). The molecule has 1 aliphatic rings. The molecule has 474 valence electrons. The first kappa shape index (κ1) is 74.9. The Morgan fingerprint density at radius 3 is 1.42 bits per heavy atom. The summed E-state index contributed by atoms with van der Waals surface area (Å²) in [6.45, 7) is 27.1. The van der Waals surface area contributed by atoms with Gasteiger partial charge in [0.15, 0.2) is 0 Å². The zero-order valence-corrected chi connectivity index (χ0v) is 54.5. The van der Waals surface area contributed by atoms with Gasteiger partial charge in [0.25, 0.3) is 0 Å². The number of aliphatic hydroxyl groups is 1. The molecule has 0 bridgehead atoms. The lowest BCUT2D eigenvalue weighted by atomic mass is 9.91. The molecule has 0 aromatic rings. The third kappa shape index (κ3) is 20.6. The fourth-order valence-corrected chi connectivity index (χ4v) is 10.4. The molecule has 1 fully saturated rings. The van der Waals surface area contributed by atoms with Crippen LogP contribution in [0.15, 0.2) is 12.2 Å². The van der Waals surface area contributed by atoms with E-state index in [2.05, 4.69) is 21.3 Å². The van der Waals surface area contributed by atoms with Gasteiger partial charge in [0, 0.05) is 49.3 Å². The largest absolute Gasteiger partial charge is 0.390 e. The third-order valence-corrected chi connectivity index (χ3v) is 16.1. The van der Waals surface area contributed by atoms with Crippen molar-refractivity contribution >= 4 is 65.0 Å². The van der Waals surface area contributed by atoms with Gasteiger partial charge in [-0.15, -0.1) is 0 Å². The summed E-state index contributed by atoms with van der Waals surface area (Å²) in [5.41, 5.74) is 0. The van der Waals surface area contributed by atoms with Gasteiger partial charge in [-0.1, -0.05) is 102 Å². The predicted molar refractivity (Wildman–Crippen MR) is 319 cm³/mol. The van der Waals surface area contributed by atoms with Crippen LogP contribution in [0.1, 0.15) is 149 Å². The minimum atomic E-state index is -1.61. The van der Waals surface area contributed by atoms with Crippen LogP contribution in [0.4, 0.5) is 0 Å². The van der Waals surface area contributed by atoms with Crippen molar-refractivity contribution in [3.63, 3.8) is 0 Å². The molecule has 11 amide bonds. The third-order valence-electron chi connectivity index (χ3n) is 16.1. The summed E-state index contributed by atoms with van der Waals surface area (Å²) in [5.74, 6) is -9.56. The maximum absolute atomic E-state index is 15.1. The Labute approximate surface area is 496 Å². The highest BCUT2D eigenvalue weighted by molar-refractivity contribution is 5.99. The zero-order chi connectivity index (χ0) is 64.4. The van der Waals surface area contributed by atoms with E-state index < -0.39 is 156 Å². The van der Waals surface area contributed by atoms with Crippen molar-refractivity contribution in [3.8, 4) is 0 Å². The van der Waals surface area contributed by atoms with Crippen LogP contribution in [-0.4, -0.2) is 227 Å². The van der Waals surface area contributed by atoms with Crippen molar-refractivity contribution in [2.75, 3.05) is 55.9 Å². The second-order valence-corrected chi connectivity index (χ2v) is 24.8. The lowest BCUT2D eigenvalue weighted by Gasteiger charge is -2.41. The fraction of sp³-hybridized carbons (Fsp3) is 0.783. The minimum Gasteiger partial charge on any atom is -0.390 e. The number of amides is 11. The molecule has 0 saturated carbocycles. The Morgan fingerprint density at radius 2 is 0.952 bits per heavy atom. The molecule has 1 saturated heterocycles. The van der Waals surface area contributed by atoms with E-state index in [1.54, 1.807) is 53.7 Å². The molecule has 13 atom stereocenters. The standard InChI is InChI=1S/C60H107N11O12/c1-24-27-28-38(13)50(73)49-54(77)63-42(26-3)56(79)65(17)32-46(72)69(21)48(37(12)25-2)53(76)64-43(29-33(4)5)57(80)66(18)41(16)52(75)61-39(14)51(74)62-40(15)55(78)67(19)44(30-34(6)7)58(81)68(20)45(31-35(8)9)59(82)70(22)47(36(10)11)60(83)71(49)23/h24,27,33-45,47-50,73H,25-26,28-32H2,1-23H3,(H,61,75)(H,62,74)(H,63,77)(H,64,76)/b27-24+/t37?,38-,39+,40-,41+,42+,43+,44+,45+,47+,48+,49+,50-/m1/s1. The number of carbonyl (C=O) groups is 11. The molecule has 23 nitrogen and oxygen atoms in total. The summed E-state index contributed by atoms with van der Waals surface area (Å²) in [5, 5.41) is 22.9. The van der Waals surface area contributed by atoms with Crippen LogP contribution in [0, 0.1) is 35.5 Å². The van der Waals surface area contributed by atoms with Gasteiger partial charge < -0.3 is 60.7 Å². The normalized spacial score (nSPS) is 27.5. The first-order chi connectivity index (χ1) is 38.4. The smallest absolute Gasteiger partial charge is 0.246 e. The Morgan fingerprint density at radius 1 is 0.494 bits per heavy atom. The van der Waals surface area contributed by atoms with Gasteiger partial charge in [-0.2, -0.15) is 0 Å². The number of rotatable bonds is 14. The Balaban J connectivity index is 4.26. The Kier molecular flexibility index (Phi) is 30.7. The SMILES string of the molecule is C/C=C/C[C@@H](C)[C@@H](O)[C@H]1C(=O)N[C@@H](CC)C(=O)N(C)CC(=O)N(C)[C@@H](C(C)CC)C(=O)N[C@@H](CC(C)C)C(=O)N(C)[C@@H](C)C(=O)N[C@@H](C)C(=O)N[C@H](C)C(=O)N(C)[C@@H](CC(C)C)C(=O)N(C)[C@@H](CC(C)C)C(=O)N(C)[C@@H](C(C)C)C(=O)N1C. The second-order valence-electron chi connectivity index (χ2n) is 24.8. The van der Waals surface area contributed by atoms with Gasteiger partial charge in [-0.3, -0.25) is 52.7 Å². The number of hydrogen-bond acceptors (Lipinski definition) is 12. The number of nitrogens with zero attached hydrogens (tertiary/aromatic N) is 7.